The predicted octanol–water partition coefficient (Wildman–Crippen LogP) is 2.79. The van der Waals surface area contributed by atoms with Crippen LogP contribution in [0.5, 0.6) is 0 Å². The van der Waals surface area contributed by atoms with E-state index in [0.29, 0.717) is 12.5 Å². The van der Waals surface area contributed by atoms with E-state index < -0.39 is 5.60 Å². The highest BCUT2D eigenvalue weighted by Gasteiger charge is 2.17. The fraction of sp³-hybridized carbons (Fsp3) is 0.562. The average molecular weight is 276 g/mol. The Kier molecular flexibility index (Phi) is 4.65. The van der Waals surface area contributed by atoms with Gasteiger partial charge < -0.3 is 15.4 Å². The first-order valence-electron chi connectivity index (χ1n) is 7.20. The van der Waals surface area contributed by atoms with Crippen LogP contribution >= 0.6 is 0 Å². The van der Waals surface area contributed by atoms with Gasteiger partial charge in [0.15, 0.2) is 0 Å². The molecule has 1 amide bonds. The van der Waals surface area contributed by atoms with Gasteiger partial charge in [0.25, 0.3) is 0 Å². The summed E-state index contributed by atoms with van der Waals surface area (Å²) in [7, 11) is 0. The van der Waals surface area contributed by atoms with Crippen LogP contribution in [0, 0.1) is 0 Å². The summed E-state index contributed by atoms with van der Waals surface area (Å²) in [5.74, 6) is 0.594. The Morgan fingerprint density at radius 3 is 2.90 bits per heavy atom. The van der Waals surface area contributed by atoms with Gasteiger partial charge in [-0.15, -0.1) is 0 Å². The number of hydrogen-bond acceptors (Lipinski definition) is 3. The minimum Gasteiger partial charge on any atom is -0.444 e. The van der Waals surface area contributed by atoms with E-state index in [1.807, 2.05) is 26.8 Å². The second-order valence-corrected chi connectivity index (χ2v) is 6.29. The third kappa shape index (κ3) is 4.53. The Bertz CT molecular complexity index is 460. The van der Waals surface area contributed by atoms with E-state index in [1.54, 1.807) is 0 Å². The minimum atomic E-state index is -0.457. The van der Waals surface area contributed by atoms with Gasteiger partial charge in [-0.25, -0.2) is 4.79 Å². The molecule has 0 bridgehead atoms. The van der Waals surface area contributed by atoms with Crippen molar-refractivity contribution in [1.82, 2.24) is 10.6 Å². The molecule has 4 heteroatoms. The van der Waals surface area contributed by atoms with Gasteiger partial charge in [-0.2, -0.15) is 0 Å². The molecule has 1 aromatic carbocycles. The van der Waals surface area contributed by atoms with Crippen LogP contribution in [0.15, 0.2) is 24.3 Å². The number of carbonyl (C=O) groups excluding carboxylic acids is 1. The number of rotatable bonds is 3. The molecule has 1 heterocycles. The van der Waals surface area contributed by atoms with Crippen LogP contribution in [0.4, 0.5) is 4.79 Å². The van der Waals surface area contributed by atoms with Crippen molar-refractivity contribution in [2.24, 2.45) is 0 Å². The molecule has 2 N–H and O–H groups in total. The zero-order valence-electron chi connectivity index (χ0n) is 12.5. The molecule has 1 unspecified atom stereocenters. The molecule has 0 aromatic heterocycles. The molecule has 1 saturated heterocycles. The normalized spacial score (nSPS) is 18.9. The summed E-state index contributed by atoms with van der Waals surface area (Å²) >= 11 is 0. The average Bonchev–Trinajstić information content (AvgIpc) is 2.88. The summed E-state index contributed by atoms with van der Waals surface area (Å²) in [6.07, 6.45) is 0.814. The van der Waals surface area contributed by atoms with E-state index >= 15 is 0 Å². The molecule has 0 radical (unpaired) electrons. The lowest BCUT2D eigenvalue weighted by Crippen LogP contribution is -2.32. The van der Waals surface area contributed by atoms with Gasteiger partial charge in [-0.1, -0.05) is 24.3 Å². The molecule has 110 valence electrons. The molecule has 0 saturated carbocycles. The Balaban J connectivity index is 1.90. The SMILES string of the molecule is CC(C)(C)OC(=O)NCc1cccc(C2CCNC2)c1. The molecule has 1 atom stereocenters. The standard InChI is InChI=1S/C16H24N2O2/c1-16(2,3)20-15(19)18-10-12-5-4-6-13(9-12)14-7-8-17-11-14/h4-6,9,14,17H,7-8,10-11H2,1-3H3,(H,18,19). The van der Waals surface area contributed by atoms with E-state index in [0.717, 1.165) is 18.7 Å². The third-order valence-electron chi connectivity index (χ3n) is 3.32. The summed E-state index contributed by atoms with van der Waals surface area (Å²) < 4.78 is 5.23. The largest absolute Gasteiger partial charge is 0.444 e. The van der Waals surface area contributed by atoms with Crippen molar-refractivity contribution in [1.29, 1.82) is 0 Å². The van der Waals surface area contributed by atoms with Gasteiger partial charge in [0, 0.05) is 13.1 Å². The van der Waals surface area contributed by atoms with Crippen LogP contribution in [-0.4, -0.2) is 24.8 Å². The van der Waals surface area contributed by atoms with Crippen molar-refractivity contribution >= 4 is 6.09 Å². The van der Waals surface area contributed by atoms with Gasteiger partial charge in [0.2, 0.25) is 0 Å². The second-order valence-electron chi connectivity index (χ2n) is 6.29. The van der Waals surface area contributed by atoms with Crippen LogP contribution in [0.2, 0.25) is 0 Å². The smallest absolute Gasteiger partial charge is 0.407 e. The highest BCUT2D eigenvalue weighted by molar-refractivity contribution is 5.67. The van der Waals surface area contributed by atoms with Crippen molar-refractivity contribution < 1.29 is 9.53 Å². The van der Waals surface area contributed by atoms with Crippen LogP contribution < -0.4 is 10.6 Å². The van der Waals surface area contributed by atoms with Crippen molar-refractivity contribution in [3.63, 3.8) is 0 Å². The van der Waals surface area contributed by atoms with Gasteiger partial charge in [-0.3, -0.25) is 0 Å². The molecular weight excluding hydrogens is 252 g/mol. The van der Waals surface area contributed by atoms with Crippen LogP contribution in [0.1, 0.15) is 44.2 Å². The molecule has 20 heavy (non-hydrogen) atoms. The molecule has 4 nitrogen and oxygen atoms in total. The summed E-state index contributed by atoms with van der Waals surface area (Å²) in [6, 6.07) is 8.42. The lowest BCUT2D eigenvalue weighted by molar-refractivity contribution is 0.0523. The lowest BCUT2D eigenvalue weighted by atomic mass is 9.97. The fourth-order valence-corrected chi connectivity index (χ4v) is 2.38. The van der Waals surface area contributed by atoms with E-state index in [9.17, 15) is 4.79 Å². The van der Waals surface area contributed by atoms with E-state index in [4.69, 9.17) is 4.74 Å². The maximum atomic E-state index is 11.6. The summed E-state index contributed by atoms with van der Waals surface area (Å²) in [5, 5.41) is 6.17. The Morgan fingerprint density at radius 1 is 1.45 bits per heavy atom. The second kappa shape index (κ2) is 6.27. The Labute approximate surface area is 120 Å². The van der Waals surface area contributed by atoms with Crippen molar-refractivity contribution in [3.05, 3.63) is 35.4 Å². The monoisotopic (exact) mass is 276 g/mol. The molecule has 1 aliphatic rings. The number of nitrogens with one attached hydrogen (secondary N) is 2. The third-order valence-corrected chi connectivity index (χ3v) is 3.32. The maximum Gasteiger partial charge on any atom is 0.407 e. The number of benzene rings is 1. The van der Waals surface area contributed by atoms with E-state index in [1.165, 1.54) is 12.0 Å². The van der Waals surface area contributed by atoms with Crippen LogP contribution in [0.25, 0.3) is 0 Å². The van der Waals surface area contributed by atoms with Crippen LogP contribution in [-0.2, 0) is 11.3 Å². The van der Waals surface area contributed by atoms with Gasteiger partial charge >= 0.3 is 6.09 Å². The van der Waals surface area contributed by atoms with E-state index in [-0.39, 0.29) is 6.09 Å². The van der Waals surface area contributed by atoms with Crippen LogP contribution in [0.3, 0.4) is 0 Å². The molecule has 0 spiro atoms. The fourth-order valence-electron chi connectivity index (χ4n) is 2.38. The first kappa shape index (κ1) is 14.9. The zero-order valence-corrected chi connectivity index (χ0v) is 12.5. The first-order valence-corrected chi connectivity index (χ1v) is 7.20. The van der Waals surface area contributed by atoms with Crippen molar-refractivity contribution in [2.75, 3.05) is 13.1 Å². The zero-order chi connectivity index (χ0) is 14.6. The number of alkyl carbamates (subject to hydrolysis) is 1. The Morgan fingerprint density at radius 2 is 2.25 bits per heavy atom. The predicted molar refractivity (Wildman–Crippen MR) is 79.7 cm³/mol. The van der Waals surface area contributed by atoms with Gasteiger partial charge in [0.05, 0.1) is 0 Å². The number of amides is 1. The van der Waals surface area contributed by atoms with E-state index in [2.05, 4.69) is 28.8 Å². The Hall–Kier alpha value is -1.55. The van der Waals surface area contributed by atoms with Gasteiger partial charge in [-0.05, 0) is 50.8 Å². The first-order chi connectivity index (χ1) is 9.44. The highest BCUT2D eigenvalue weighted by atomic mass is 16.6. The summed E-state index contributed by atoms with van der Waals surface area (Å²) in [4.78, 5) is 11.6. The molecule has 2 rings (SSSR count). The lowest BCUT2D eigenvalue weighted by Gasteiger charge is -2.19. The number of carbonyl (C=O) groups is 1. The van der Waals surface area contributed by atoms with Crippen molar-refractivity contribution in [2.45, 2.75) is 45.3 Å². The summed E-state index contributed by atoms with van der Waals surface area (Å²) in [5.41, 5.74) is 2.00. The molecule has 1 fully saturated rings. The quantitative estimate of drug-likeness (QED) is 0.892. The topological polar surface area (TPSA) is 50.4 Å². The maximum absolute atomic E-state index is 11.6. The minimum absolute atomic E-state index is 0.370. The molecule has 1 aliphatic heterocycles. The number of hydrogen-bond donors (Lipinski definition) is 2. The number of ether oxygens (including phenoxy) is 1. The summed E-state index contributed by atoms with van der Waals surface area (Å²) in [6.45, 7) is 8.22. The van der Waals surface area contributed by atoms with Crippen molar-refractivity contribution in [3.8, 4) is 0 Å². The van der Waals surface area contributed by atoms with Gasteiger partial charge in [0.1, 0.15) is 5.60 Å². The molecule has 0 aliphatic carbocycles. The molecule has 1 aromatic rings. The highest BCUT2D eigenvalue weighted by Crippen LogP contribution is 2.22. The molecular formula is C16H24N2O2.